The topological polar surface area (TPSA) is 78.5 Å². The highest BCUT2D eigenvalue weighted by molar-refractivity contribution is 7.98. The largest absolute Gasteiger partial charge is 0.353 e. The summed E-state index contributed by atoms with van der Waals surface area (Å²) in [7, 11) is -3.74. The molecule has 0 spiro atoms. The van der Waals surface area contributed by atoms with Gasteiger partial charge in [-0.1, -0.05) is 54.6 Å². The maximum Gasteiger partial charge on any atom is 0.238 e. The molecule has 32 heavy (non-hydrogen) atoms. The molecule has 3 rings (SSSR count). The van der Waals surface area contributed by atoms with Crippen LogP contribution in [0.2, 0.25) is 0 Å². The van der Waals surface area contributed by atoms with E-state index in [4.69, 9.17) is 0 Å². The van der Waals surface area contributed by atoms with Crippen LogP contribution in [0.15, 0.2) is 60.0 Å². The SMILES string of the molecule is CSCCC(NS(=O)(=O)/C=C/c1ccccc1)C(=O)NCCN1CCc2ccccc2C1. The Morgan fingerprint density at radius 3 is 2.59 bits per heavy atom. The predicted molar refractivity (Wildman–Crippen MR) is 133 cm³/mol. The molecular weight excluding hydrogens is 442 g/mol. The number of nitrogens with zero attached hydrogens (tertiary/aromatic N) is 1. The van der Waals surface area contributed by atoms with E-state index in [0.29, 0.717) is 18.7 Å². The van der Waals surface area contributed by atoms with Crippen LogP contribution >= 0.6 is 11.8 Å². The van der Waals surface area contributed by atoms with Crippen molar-refractivity contribution in [1.29, 1.82) is 0 Å². The van der Waals surface area contributed by atoms with E-state index in [-0.39, 0.29) is 5.91 Å². The van der Waals surface area contributed by atoms with E-state index in [1.54, 1.807) is 11.8 Å². The lowest BCUT2D eigenvalue weighted by atomic mass is 10.00. The zero-order chi connectivity index (χ0) is 22.8. The molecule has 172 valence electrons. The minimum atomic E-state index is -3.74. The van der Waals surface area contributed by atoms with Gasteiger partial charge in [0.1, 0.15) is 6.04 Å². The number of hydrogen-bond donors (Lipinski definition) is 2. The number of carbonyl (C=O) groups excluding carboxylic acids is 1. The molecule has 0 fully saturated rings. The van der Waals surface area contributed by atoms with Crippen LogP contribution in [0, 0.1) is 0 Å². The van der Waals surface area contributed by atoms with Gasteiger partial charge in [0.2, 0.25) is 15.9 Å². The molecule has 0 saturated heterocycles. The molecule has 2 aromatic rings. The van der Waals surface area contributed by atoms with Crippen molar-refractivity contribution in [2.45, 2.75) is 25.4 Å². The standard InChI is InChI=1S/C24H31N3O3S2/c1-31-17-12-23(26-32(29,30)18-13-20-7-3-2-4-8-20)24(28)25-14-16-27-15-11-21-9-5-6-10-22(21)19-27/h2-10,13,18,23,26H,11-12,14-17,19H2,1H3,(H,25,28)/b18-13+. The van der Waals surface area contributed by atoms with Crippen LogP contribution in [-0.2, 0) is 27.8 Å². The van der Waals surface area contributed by atoms with Gasteiger partial charge >= 0.3 is 0 Å². The lowest BCUT2D eigenvalue weighted by molar-refractivity contribution is -0.122. The molecule has 6 nitrogen and oxygen atoms in total. The number of benzene rings is 2. The first kappa shape index (κ1) is 24.5. The van der Waals surface area contributed by atoms with Crippen LogP contribution in [0.4, 0.5) is 0 Å². The molecule has 2 aromatic carbocycles. The summed E-state index contributed by atoms with van der Waals surface area (Å²) in [5, 5.41) is 4.04. The van der Waals surface area contributed by atoms with Crippen LogP contribution in [0.1, 0.15) is 23.1 Å². The second-order valence-electron chi connectivity index (χ2n) is 7.80. The second kappa shape index (κ2) is 12.2. The fourth-order valence-corrected chi connectivity index (χ4v) is 5.16. The predicted octanol–water partition coefficient (Wildman–Crippen LogP) is 2.87. The van der Waals surface area contributed by atoms with Crippen molar-refractivity contribution in [1.82, 2.24) is 14.9 Å². The van der Waals surface area contributed by atoms with Gasteiger partial charge in [-0.3, -0.25) is 9.69 Å². The molecule has 1 aliphatic rings. The summed E-state index contributed by atoms with van der Waals surface area (Å²) in [4.78, 5) is 15.1. The number of thioether (sulfide) groups is 1. The number of amides is 1. The molecule has 2 N–H and O–H groups in total. The first-order valence-electron chi connectivity index (χ1n) is 10.8. The Labute approximate surface area is 195 Å². The van der Waals surface area contributed by atoms with E-state index in [2.05, 4.69) is 39.2 Å². The summed E-state index contributed by atoms with van der Waals surface area (Å²) < 4.78 is 27.6. The number of nitrogens with one attached hydrogen (secondary N) is 2. The fourth-order valence-electron chi connectivity index (χ4n) is 3.65. The third-order valence-corrected chi connectivity index (χ3v) is 7.16. The van der Waals surface area contributed by atoms with E-state index in [1.807, 2.05) is 36.6 Å². The van der Waals surface area contributed by atoms with Gasteiger partial charge in [0, 0.05) is 31.6 Å². The van der Waals surface area contributed by atoms with Crippen molar-refractivity contribution in [3.8, 4) is 0 Å². The summed E-state index contributed by atoms with van der Waals surface area (Å²) in [6, 6.07) is 16.8. The van der Waals surface area contributed by atoms with Gasteiger partial charge in [-0.15, -0.1) is 0 Å². The Hall–Kier alpha value is -2.13. The normalized spacial score (nSPS) is 15.4. The minimum Gasteiger partial charge on any atom is -0.353 e. The summed E-state index contributed by atoms with van der Waals surface area (Å²) in [5.74, 6) is 0.402. The average Bonchev–Trinajstić information content (AvgIpc) is 2.81. The van der Waals surface area contributed by atoms with Crippen LogP contribution < -0.4 is 10.0 Å². The van der Waals surface area contributed by atoms with E-state index in [1.165, 1.54) is 17.2 Å². The zero-order valence-electron chi connectivity index (χ0n) is 18.4. The van der Waals surface area contributed by atoms with Gasteiger partial charge in [-0.25, -0.2) is 8.42 Å². The van der Waals surface area contributed by atoms with Crippen molar-refractivity contribution in [2.24, 2.45) is 0 Å². The third-order valence-electron chi connectivity index (χ3n) is 5.41. The van der Waals surface area contributed by atoms with Crippen molar-refractivity contribution in [3.63, 3.8) is 0 Å². The Kier molecular flexibility index (Phi) is 9.35. The van der Waals surface area contributed by atoms with Gasteiger partial charge in [-0.05, 0) is 47.6 Å². The molecule has 0 bridgehead atoms. The summed E-state index contributed by atoms with van der Waals surface area (Å²) >= 11 is 1.58. The van der Waals surface area contributed by atoms with E-state index in [0.717, 1.165) is 37.0 Å². The molecular formula is C24H31N3O3S2. The molecule has 0 aliphatic carbocycles. The molecule has 0 saturated carbocycles. The lowest BCUT2D eigenvalue weighted by Gasteiger charge is -2.29. The highest BCUT2D eigenvalue weighted by Crippen LogP contribution is 2.17. The molecule has 1 unspecified atom stereocenters. The van der Waals surface area contributed by atoms with Crippen molar-refractivity contribution < 1.29 is 13.2 Å². The van der Waals surface area contributed by atoms with Crippen molar-refractivity contribution in [2.75, 3.05) is 31.6 Å². The molecule has 1 amide bonds. The molecule has 0 radical (unpaired) electrons. The first-order chi connectivity index (χ1) is 15.5. The quantitative estimate of drug-likeness (QED) is 0.525. The van der Waals surface area contributed by atoms with Crippen LogP contribution in [0.25, 0.3) is 6.08 Å². The average molecular weight is 474 g/mol. The summed E-state index contributed by atoms with van der Waals surface area (Å²) in [6.45, 7) is 3.05. The number of fused-ring (bicyclic) bond motifs is 1. The maximum absolute atomic E-state index is 12.8. The van der Waals surface area contributed by atoms with E-state index < -0.39 is 16.1 Å². The first-order valence-corrected chi connectivity index (χ1v) is 13.7. The number of sulfonamides is 1. The maximum atomic E-state index is 12.8. The number of rotatable bonds is 11. The Balaban J connectivity index is 1.52. The second-order valence-corrected chi connectivity index (χ2v) is 10.4. The fraction of sp³-hybridized carbons (Fsp3) is 0.375. The monoisotopic (exact) mass is 473 g/mol. The molecule has 1 atom stereocenters. The number of hydrogen-bond acceptors (Lipinski definition) is 5. The van der Waals surface area contributed by atoms with Gasteiger partial charge < -0.3 is 5.32 Å². The van der Waals surface area contributed by atoms with Crippen molar-refractivity contribution in [3.05, 3.63) is 76.7 Å². The molecule has 0 aromatic heterocycles. The zero-order valence-corrected chi connectivity index (χ0v) is 20.0. The minimum absolute atomic E-state index is 0.284. The highest BCUT2D eigenvalue weighted by atomic mass is 32.2. The lowest BCUT2D eigenvalue weighted by Crippen LogP contribution is -2.48. The Morgan fingerprint density at radius 1 is 1.12 bits per heavy atom. The molecule has 1 heterocycles. The van der Waals surface area contributed by atoms with E-state index >= 15 is 0 Å². The van der Waals surface area contributed by atoms with Crippen LogP contribution in [-0.4, -0.2) is 56.9 Å². The van der Waals surface area contributed by atoms with Gasteiger partial charge in [-0.2, -0.15) is 16.5 Å². The summed E-state index contributed by atoms with van der Waals surface area (Å²) in [6.07, 6.45) is 4.91. The third kappa shape index (κ3) is 7.78. The van der Waals surface area contributed by atoms with Crippen molar-refractivity contribution >= 4 is 33.8 Å². The number of carbonyl (C=O) groups is 1. The van der Waals surface area contributed by atoms with Crippen LogP contribution in [0.5, 0.6) is 0 Å². The summed E-state index contributed by atoms with van der Waals surface area (Å²) in [5.41, 5.74) is 3.51. The molecule has 8 heteroatoms. The smallest absolute Gasteiger partial charge is 0.238 e. The highest BCUT2D eigenvalue weighted by Gasteiger charge is 2.23. The van der Waals surface area contributed by atoms with Gasteiger partial charge in [0.05, 0.1) is 0 Å². The van der Waals surface area contributed by atoms with Gasteiger partial charge in [0.15, 0.2) is 0 Å². The Bertz CT molecular complexity index is 1010. The van der Waals surface area contributed by atoms with E-state index in [9.17, 15) is 13.2 Å². The van der Waals surface area contributed by atoms with Gasteiger partial charge in [0.25, 0.3) is 0 Å². The van der Waals surface area contributed by atoms with Crippen LogP contribution in [0.3, 0.4) is 0 Å². The molecule has 1 aliphatic heterocycles. The Morgan fingerprint density at radius 2 is 1.84 bits per heavy atom.